The van der Waals surface area contributed by atoms with Crippen molar-refractivity contribution >= 4 is 23.7 Å². The van der Waals surface area contributed by atoms with Crippen LogP contribution in [0.15, 0.2) is 42.0 Å². The third-order valence-corrected chi connectivity index (χ3v) is 12.1. The van der Waals surface area contributed by atoms with Crippen molar-refractivity contribution in [1.29, 1.82) is 0 Å². The predicted octanol–water partition coefficient (Wildman–Crippen LogP) is -0.182. The topological polar surface area (TPSA) is 322 Å². The average molecular weight is 965 g/mol. The minimum atomic E-state index is -2.00. The lowest BCUT2D eigenvalue weighted by atomic mass is 9.81. The van der Waals surface area contributed by atoms with Crippen molar-refractivity contribution in [3.8, 4) is 23.0 Å². The number of aliphatic hydroxyl groups is 7. The molecule has 2 aromatic rings. The van der Waals surface area contributed by atoms with Gasteiger partial charge in [0, 0.05) is 44.9 Å². The fraction of sp³-hybridized carbons (Fsp3) is 0.609. The van der Waals surface area contributed by atoms with Gasteiger partial charge in [-0.3, -0.25) is 19.2 Å². The molecule has 0 radical (unpaired) electrons. The number of hydrogen-bond acceptors (Lipinski definition) is 22. The van der Waals surface area contributed by atoms with E-state index in [0.29, 0.717) is 11.3 Å². The molecule has 0 spiro atoms. The first-order valence-corrected chi connectivity index (χ1v) is 22.0. The standard InChI is InChI=1S/C46H60O22/c1-18(2)8-13-26-28(64-29-14-24(16-47)32(52)36(56)33(29)53)15-27(51)31-35(55)42(40(66-41(26)31)23-9-11-25(59-7)12-10-23)67-45-38(58)43(39(19(3)61-45)62-21(5)49)68-46-44(63-22(6)50)37(57)34(54)30(65-46)17-60-20(4)48/h8-12,15,19,24,29-30,32-34,36-40,42-47,51-54,56-58H,13-14,16-17H2,1-7H3/t19-,24+,29+,30+,32+,33-,34+,36-,37-,38+,39-,40-,42+,43-,44+,45-,46-/m0/s1. The Labute approximate surface area is 390 Å². The fourth-order valence-electron chi connectivity index (χ4n) is 8.59. The van der Waals surface area contributed by atoms with E-state index >= 15 is 4.79 Å². The molecule has 2 aromatic carbocycles. The van der Waals surface area contributed by atoms with Crippen molar-refractivity contribution in [2.45, 2.75) is 152 Å². The molecule has 3 aliphatic heterocycles. The van der Waals surface area contributed by atoms with Gasteiger partial charge in [-0.25, -0.2) is 0 Å². The fourth-order valence-corrected chi connectivity index (χ4v) is 8.59. The van der Waals surface area contributed by atoms with Gasteiger partial charge >= 0.3 is 17.9 Å². The third-order valence-electron chi connectivity index (χ3n) is 12.1. The summed E-state index contributed by atoms with van der Waals surface area (Å²) >= 11 is 0. The predicted molar refractivity (Wildman–Crippen MR) is 228 cm³/mol. The lowest BCUT2D eigenvalue weighted by molar-refractivity contribution is -0.361. The number of carbonyl (C=O) groups is 4. The van der Waals surface area contributed by atoms with Crippen molar-refractivity contribution in [3.05, 3.63) is 58.7 Å². The van der Waals surface area contributed by atoms with E-state index in [1.165, 1.54) is 14.0 Å². The molecule has 22 nitrogen and oxygen atoms in total. The Morgan fingerprint density at radius 2 is 1.44 bits per heavy atom. The molecular formula is C46H60O22. The number of carbonyl (C=O) groups excluding carboxylic acids is 4. The average Bonchev–Trinajstić information content (AvgIpc) is 3.28. The summed E-state index contributed by atoms with van der Waals surface area (Å²) in [4.78, 5) is 51.3. The molecule has 4 aliphatic rings. The van der Waals surface area contributed by atoms with Crippen LogP contribution in [0.5, 0.6) is 23.0 Å². The van der Waals surface area contributed by atoms with E-state index in [1.807, 2.05) is 13.8 Å². The van der Waals surface area contributed by atoms with Crippen LogP contribution in [0.1, 0.15) is 75.6 Å². The van der Waals surface area contributed by atoms with Gasteiger partial charge in [0.05, 0.1) is 19.3 Å². The number of hydrogen-bond donors (Lipinski definition) is 8. The largest absolute Gasteiger partial charge is 0.507 e. The maximum absolute atomic E-state index is 15.0. The molecule has 68 heavy (non-hydrogen) atoms. The second-order valence-electron chi connectivity index (χ2n) is 17.4. The summed E-state index contributed by atoms with van der Waals surface area (Å²) in [6.45, 7) is 7.15. The van der Waals surface area contributed by atoms with E-state index in [-0.39, 0.29) is 35.5 Å². The summed E-state index contributed by atoms with van der Waals surface area (Å²) in [5.74, 6) is -4.67. The SMILES string of the molecule is COc1ccc([C@@H]2Oc3c(CC=C(C)C)c(O[C@@H]4C[C@H](CO)[C@@H](O)[C@H](O)[C@H]4O)cc(O)c3C(=O)[C@H]2O[C@@H]2O[C@@H](C)[C@H](OC(C)=O)[C@@H](O[C@@H]3O[C@H](COC(C)=O)[C@@H](O)[C@H](O)[C@H]3OC(C)=O)[C@H]2O)cc1. The highest BCUT2D eigenvalue weighted by Gasteiger charge is 2.55. The smallest absolute Gasteiger partial charge is 0.303 e. The van der Waals surface area contributed by atoms with Gasteiger partial charge < -0.3 is 88.2 Å². The molecule has 3 heterocycles. The highest BCUT2D eigenvalue weighted by molar-refractivity contribution is 6.06. The number of allylic oxidation sites excluding steroid dienone is 2. The number of aromatic hydroxyl groups is 1. The van der Waals surface area contributed by atoms with E-state index in [4.69, 9.17) is 47.4 Å². The van der Waals surface area contributed by atoms with Gasteiger partial charge in [0.25, 0.3) is 0 Å². The molecule has 0 bridgehead atoms. The Hall–Kier alpha value is -4.98. The summed E-state index contributed by atoms with van der Waals surface area (Å²) in [7, 11) is 1.45. The molecule has 8 N–H and O–H groups in total. The van der Waals surface area contributed by atoms with Gasteiger partial charge in [-0.1, -0.05) is 23.8 Å². The Balaban J connectivity index is 1.40. The summed E-state index contributed by atoms with van der Waals surface area (Å²) in [6.07, 6.45) is -24.3. The third kappa shape index (κ3) is 11.4. The van der Waals surface area contributed by atoms with Crippen molar-refractivity contribution in [2.75, 3.05) is 20.3 Å². The maximum Gasteiger partial charge on any atom is 0.303 e. The van der Waals surface area contributed by atoms with E-state index < -0.39 is 147 Å². The summed E-state index contributed by atoms with van der Waals surface area (Å²) in [5, 5.41) is 87.7. The number of ketones is 1. The van der Waals surface area contributed by atoms with Crippen molar-refractivity contribution in [1.82, 2.24) is 0 Å². The van der Waals surface area contributed by atoms with Crippen molar-refractivity contribution in [3.63, 3.8) is 0 Å². The summed E-state index contributed by atoms with van der Waals surface area (Å²) in [5.41, 5.74) is 1.03. The van der Waals surface area contributed by atoms with Crippen LogP contribution >= 0.6 is 0 Å². The van der Waals surface area contributed by atoms with E-state index in [9.17, 15) is 55.2 Å². The first-order chi connectivity index (χ1) is 32.1. The lowest BCUT2D eigenvalue weighted by Gasteiger charge is -2.47. The zero-order valence-electron chi connectivity index (χ0n) is 38.4. The molecule has 0 unspecified atom stereocenters. The molecule has 22 heteroatoms. The minimum Gasteiger partial charge on any atom is -0.507 e. The Morgan fingerprint density at radius 1 is 0.779 bits per heavy atom. The summed E-state index contributed by atoms with van der Waals surface area (Å²) < 4.78 is 58.5. The zero-order chi connectivity index (χ0) is 49.9. The number of phenolic OH excluding ortho intramolecular Hbond substituents is 1. The van der Waals surface area contributed by atoms with Crippen molar-refractivity contribution < 1.29 is 107 Å². The van der Waals surface area contributed by atoms with Crippen LogP contribution in [0.2, 0.25) is 0 Å². The minimum absolute atomic E-state index is 0.0510. The molecule has 376 valence electrons. The number of ether oxygens (including phenoxy) is 10. The monoisotopic (exact) mass is 964 g/mol. The molecule has 0 aromatic heterocycles. The van der Waals surface area contributed by atoms with Gasteiger partial charge in [-0.05, 0) is 51.3 Å². The number of benzene rings is 2. The molecule has 0 amide bonds. The van der Waals surface area contributed by atoms with Crippen molar-refractivity contribution in [2.24, 2.45) is 5.92 Å². The molecule has 1 aliphatic carbocycles. The van der Waals surface area contributed by atoms with Crippen LogP contribution in [-0.4, -0.2) is 177 Å². The molecule has 3 fully saturated rings. The Morgan fingerprint density at radius 3 is 2.04 bits per heavy atom. The number of Topliss-reactive ketones (excluding diaryl/α,β-unsaturated/α-hetero) is 1. The molecule has 1 saturated carbocycles. The van der Waals surface area contributed by atoms with Crippen LogP contribution < -0.4 is 14.2 Å². The van der Waals surface area contributed by atoms with Crippen LogP contribution in [0.3, 0.4) is 0 Å². The van der Waals surface area contributed by atoms with E-state index in [1.54, 1.807) is 30.3 Å². The van der Waals surface area contributed by atoms with E-state index in [0.717, 1.165) is 32.4 Å². The van der Waals surface area contributed by atoms with Gasteiger partial charge in [-0.15, -0.1) is 0 Å². The van der Waals surface area contributed by atoms with Crippen LogP contribution in [-0.2, 0) is 54.0 Å². The molecule has 6 rings (SSSR count). The van der Waals surface area contributed by atoms with Crippen LogP contribution in [0.4, 0.5) is 0 Å². The molecule has 2 saturated heterocycles. The number of esters is 3. The van der Waals surface area contributed by atoms with E-state index in [2.05, 4.69) is 0 Å². The summed E-state index contributed by atoms with van der Waals surface area (Å²) in [6, 6.07) is 7.47. The maximum atomic E-state index is 15.0. The van der Waals surface area contributed by atoms with Gasteiger partial charge in [0.2, 0.25) is 5.78 Å². The molecule has 17 atom stereocenters. The number of phenols is 1. The second kappa shape index (κ2) is 22.2. The first kappa shape index (κ1) is 52.4. The number of aliphatic hydroxyl groups excluding tert-OH is 7. The normalized spacial score (nSPS) is 34.7. The number of fused-ring (bicyclic) bond motifs is 1. The number of methoxy groups -OCH3 is 1. The zero-order valence-corrected chi connectivity index (χ0v) is 38.4. The van der Waals surface area contributed by atoms with Crippen LogP contribution in [0, 0.1) is 5.92 Å². The Bertz CT molecular complexity index is 2140. The highest BCUT2D eigenvalue weighted by atomic mass is 16.8. The second-order valence-corrected chi connectivity index (χ2v) is 17.4. The molecular weight excluding hydrogens is 904 g/mol. The van der Waals surface area contributed by atoms with Crippen LogP contribution in [0.25, 0.3) is 0 Å². The van der Waals surface area contributed by atoms with Gasteiger partial charge in [0.15, 0.2) is 37.0 Å². The highest BCUT2D eigenvalue weighted by Crippen LogP contribution is 2.48. The Kier molecular flexibility index (Phi) is 17.1. The lowest BCUT2D eigenvalue weighted by Crippen LogP contribution is -2.65. The van der Waals surface area contributed by atoms with Gasteiger partial charge in [0.1, 0.15) is 84.0 Å². The number of rotatable bonds is 15. The van der Waals surface area contributed by atoms with Gasteiger partial charge in [-0.2, -0.15) is 0 Å². The quantitative estimate of drug-likeness (QED) is 0.0652. The first-order valence-electron chi connectivity index (χ1n) is 22.0.